The van der Waals surface area contributed by atoms with Gasteiger partial charge in [-0.2, -0.15) is 5.26 Å². The summed E-state index contributed by atoms with van der Waals surface area (Å²) in [7, 11) is 0. The number of nitrogens with zero attached hydrogens (tertiary/aromatic N) is 1. The molecule has 0 bridgehead atoms. The van der Waals surface area contributed by atoms with Crippen molar-refractivity contribution in [3.63, 3.8) is 0 Å². The molecular weight excluding hydrogens is 244 g/mol. The molecule has 2 rings (SSSR count). The van der Waals surface area contributed by atoms with Crippen LogP contribution in [0.5, 0.6) is 0 Å². The first-order chi connectivity index (χ1) is 9.69. The van der Waals surface area contributed by atoms with Gasteiger partial charge in [0.15, 0.2) is 0 Å². The van der Waals surface area contributed by atoms with Crippen LogP contribution in [0.3, 0.4) is 0 Å². The van der Waals surface area contributed by atoms with Crippen molar-refractivity contribution >= 4 is 0 Å². The van der Waals surface area contributed by atoms with Gasteiger partial charge in [0, 0.05) is 6.04 Å². The summed E-state index contributed by atoms with van der Waals surface area (Å²) in [5.41, 5.74) is 2.00. The van der Waals surface area contributed by atoms with E-state index < -0.39 is 0 Å². The number of hydrogen-bond donors (Lipinski definition) is 1. The van der Waals surface area contributed by atoms with Crippen LogP contribution in [0.2, 0.25) is 0 Å². The normalized spacial score (nSPS) is 24.1. The molecule has 0 saturated heterocycles. The van der Waals surface area contributed by atoms with Gasteiger partial charge in [-0.15, -0.1) is 0 Å². The first-order valence-corrected chi connectivity index (χ1v) is 7.92. The third kappa shape index (κ3) is 4.35. The van der Waals surface area contributed by atoms with Gasteiger partial charge < -0.3 is 5.32 Å². The lowest BCUT2D eigenvalue weighted by Crippen LogP contribution is -2.23. The van der Waals surface area contributed by atoms with Gasteiger partial charge in [0.25, 0.3) is 0 Å². The van der Waals surface area contributed by atoms with Crippen LogP contribution < -0.4 is 5.32 Å². The molecule has 1 aliphatic carbocycles. The molecule has 1 aromatic rings. The van der Waals surface area contributed by atoms with Gasteiger partial charge in [-0.3, -0.25) is 0 Å². The average molecular weight is 270 g/mol. The summed E-state index contributed by atoms with van der Waals surface area (Å²) in [5, 5.41) is 12.4. The summed E-state index contributed by atoms with van der Waals surface area (Å²) in [5.74, 6) is 1.84. The molecule has 0 radical (unpaired) electrons. The van der Waals surface area contributed by atoms with Crippen LogP contribution in [0.15, 0.2) is 24.3 Å². The topological polar surface area (TPSA) is 35.8 Å². The van der Waals surface area contributed by atoms with E-state index in [1.54, 1.807) is 0 Å². The predicted octanol–water partition coefficient (Wildman–Crippen LogP) is 4.43. The summed E-state index contributed by atoms with van der Waals surface area (Å²) >= 11 is 0. The van der Waals surface area contributed by atoms with Crippen molar-refractivity contribution in [2.24, 2.45) is 11.8 Å². The maximum absolute atomic E-state index is 8.81. The molecule has 3 atom stereocenters. The van der Waals surface area contributed by atoms with Crippen molar-refractivity contribution in [3.8, 4) is 6.07 Å². The van der Waals surface area contributed by atoms with Crippen molar-refractivity contribution in [2.75, 3.05) is 6.54 Å². The first kappa shape index (κ1) is 15.1. The van der Waals surface area contributed by atoms with Crippen LogP contribution in [0.4, 0.5) is 0 Å². The van der Waals surface area contributed by atoms with E-state index in [0.717, 1.165) is 23.9 Å². The van der Waals surface area contributed by atoms with E-state index in [1.807, 2.05) is 12.1 Å². The monoisotopic (exact) mass is 270 g/mol. The van der Waals surface area contributed by atoms with E-state index in [-0.39, 0.29) is 0 Å². The molecule has 1 N–H and O–H groups in total. The van der Waals surface area contributed by atoms with Gasteiger partial charge in [-0.05, 0) is 55.8 Å². The quantitative estimate of drug-likeness (QED) is 0.859. The Morgan fingerprint density at radius 2 is 2.05 bits per heavy atom. The largest absolute Gasteiger partial charge is 0.310 e. The fraction of sp³-hybridized carbons (Fsp3) is 0.611. The number of nitrogens with one attached hydrogen (secondary N) is 1. The molecule has 1 fully saturated rings. The molecule has 3 unspecified atom stereocenters. The molecule has 1 aliphatic rings. The molecule has 0 amide bonds. The van der Waals surface area contributed by atoms with Crippen LogP contribution in [-0.2, 0) is 0 Å². The molecule has 2 heteroatoms. The van der Waals surface area contributed by atoms with E-state index in [9.17, 15) is 0 Å². The third-order valence-corrected chi connectivity index (χ3v) is 4.59. The number of hydrogen-bond acceptors (Lipinski definition) is 2. The lowest BCUT2D eigenvalue weighted by atomic mass is 9.81. The summed E-state index contributed by atoms with van der Waals surface area (Å²) < 4.78 is 0. The molecule has 0 aliphatic heterocycles. The maximum Gasteiger partial charge on any atom is 0.0991 e. The Morgan fingerprint density at radius 3 is 2.70 bits per heavy atom. The first-order valence-electron chi connectivity index (χ1n) is 7.92. The summed E-state index contributed by atoms with van der Waals surface area (Å²) in [6, 6.07) is 10.4. The van der Waals surface area contributed by atoms with Crippen LogP contribution >= 0.6 is 0 Å². The minimum atomic E-state index is 0.365. The Morgan fingerprint density at radius 1 is 1.30 bits per heavy atom. The Kier molecular flexibility index (Phi) is 5.61. The van der Waals surface area contributed by atoms with Gasteiger partial charge in [0.2, 0.25) is 0 Å². The second-order valence-corrected chi connectivity index (χ2v) is 6.34. The Labute approximate surface area is 123 Å². The highest BCUT2D eigenvalue weighted by atomic mass is 14.9. The molecule has 0 heterocycles. The molecule has 1 aromatic carbocycles. The standard InChI is InChI=1S/C18H26N2/c1-14-4-3-5-16(12-14)10-11-20-15(2)18-8-6-17(13-19)7-9-18/h6-9,14-16,20H,3-5,10-12H2,1-2H3. The molecular formula is C18H26N2. The number of benzene rings is 1. The zero-order valence-corrected chi connectivity index (χ0v) is 12.7. The van der Waals surface area contributed by atoms with Gasteiger partial charge in [-0.1, -0.05) is 38.3 Å². The lowest BCUT2D eigenvalue weighted by Gasteiger charge is -2.27. The molecule has 0 spiro atoms. The third-order valence-electron chi connectivity index (χ3n) is 4.59. The summed E-state index contributed by atoms with van der Waals surface area (Å²) in [6.07, 6.45) is 6.96. The van der Waals surface area contributed by atoms with Crippen LogP contribution in [0.1, 0.15) is 63.1 Å². The van der Waals surface area contributed by atoms with Crippen LogP contribution in [0.25, 0.3) is 0 Å². The van der Waals surface area contributed by atoms with Crippen molar-refractivity contribution in [1.29, 1.82) is 5.26 Å². The van der Waals surface area contributed by atoms with E-state index >= 15 is 0 Å². The molecule has 1 saturated carbocycles. The molecule has 0 aromatic heterocycles. The highest BCUT2D eigenvalue weighted by Crippen LogP contribution is 2.30. The van der Waals surface area contributed by atoms with Gasteiger partial charge >= 0.3 is 0 Å². The summed E-state index contributed by atoms with van der Waals surface area (Å²) in [6.45, 7) is 5.68. The van der Waals surface area contributed by atoms with Crippen molar-refractivity contribution < 1.29 is 0 Å². The van der Waals surface area contributed by atoms with Crippen molar-refractivity contribution in [2.45, 2.75) is 52.0 Å². The van der Waals surface area contributed by atoms with Crippen LogP contribution in [-0.4, -0.2) is 6.54 Å². The molecule has 108 valence electrons. The zero-order valence-electron chi connectivity index (χ0n) is 12.7. The highest BCUT2D eigenvalue weighted by Gasteiger charge is 2.18. The molecule has 20 heavy (non-hydrogen) atoms. The zero-order chi connectivity index (χ0) is 14.4. The van der Waals surface area contributed by atoms with E-state index in [0.29, 0.717) is 6.04 Å². The minimum Gasteiger partial charge on any atom is -0.310 e. The van der Waals surface area contributed by atoms with Crippen molar-refractivity contribution in [3.05, 3.63) is 35.4 Å². The minimum absolute atomic E-state index is 0.365. The van der Waals surface area contributed by atoms with Crippen molar-refractivity contribution in [1.82, 2.24) is 5.32 Å². The van der Waals surface area contributed by atoms with Crippen LogP contribution in [0, 0.1) is 23.2 Å². The SMILES string of the molecule is CC1CCCC(CCNC(C)c2ccc(C#N)cc2)C1. The average Bonchev–Trinajstić information content (AvgIpc) is 2.47. The van der Waals surface area contributed by atoms with Gasteiger partial charge in [-0.25, -0.2) is 0 Å². The molecule has 2 nitrogen and oxygen atoms in total. The smallest absolute Gasteiger partial charge is 0.0991 e. The number of rotatable bonds is 5. The lowest BCUT2D eigenvalue weighted by molar-refractivity contribution is 0.265. The second kappa shape index (κ2) is 7.45. The van der Waals surface area contributed by atoms with E-state index in [4.69, 9.17) is 5.26 Å². The fourth-order valence-electron chi connectivity index (χ4n) is 3.29. The number of nitriles is 1. The van der Waals surface area contributed by atoms with E-state index in [1.165, 1.54) is 37.7 Å². The Bertz CT molecular complexity index is 443. The fourth-order valence-corrected chi connectivity index (χ4v) is 3.29. The Balaban J connectivity index is 1.74. The maximum atomic E-state index is 8.81. The van der Waals surface area contributed by atoms with Gasteiger partial charge in [0.1, 0.15) is 0 Å². The highest BCUT2D eigenvalue weighted by molar-refractivity contribution is 5.32. The summed E-state index contributed by atoms with van der Waals surface area (Å²) in [4.78, 5) is 0. The predicted molar refractivity (Wildman–Crippen MR) is 83.3 cm³/mol. The van der Waals surface area contributed by atoms with Gasteiger partial charge in [0.05, 0.1) is 11.6 Å². The van der Waals surface area contributed by atoms with E-state index in [2.05, 4.69) is 37.4 Å². The second-order valence-electron chi connectivity index (χ2n) is 6.34. The Hall–Kier alpha value is -1.33.